The molecule has 212 valence electrons. The molecular formula is C29H38ClN2O6P. The van der Waals surface area contributed by atoms with Gasteiger partial charge in [-0.25, -0.2) is 4.57 Å². The smallest absolute Gasteiger partial charge is 0.350 e. The van der Waals surface area contributed by atoms with E-state index in [1.807, 2.05) is 53.7 Å². The highest BCUT2D eigenvalue weighted by Gasteiger charge is 2.54. The minimum atomic E-state index is -4.81. The normalized spacial score (nSPS) is 13.1. The van der Waals surface area contributed by atoms with Crippen LogP contribution in [-0.4, -0.2) is 25.9 Å². The van der Waals surface area contributed by atoms with Crippen LogP contribution in [-0.2, 0) is 29.1 Å². The quantitative estimate of drug-likeness (QED) is 0.283. The molecule has 1 aromatic heterocycles. The number of amides is 1. The van der Waals surface area contributed by atoms with Gasteiger partial charge >= 0.3 is 7.82 Å². The lowest BCUT2D eigenvalue weighted by Crippen LogP contribution is -2.54. The standard InChI is InChI=1S/C29H38ClN2O6P/c1-27(2,3)29(28(4,5)6,38-39(35,36)37)15-14-19-10-13-24-22(16-19)25(33)23(18-32(24)7)26(34)31-17-20-8-11-21(30)12-9-20/h8-13,16,18H,14-15,17H2,1-7H3,(H,31,34)(H2,35,36,37). The number of aryl methyl sites for hydroxylation is 2. The van der Waals surface area contributed by atoms with Gasteiger partial charge in [0.25, 0.3) is 5.91 Å². The number of fused-ring (bicyclic) bond motifs is 1. The zero-order valence-corrected chi connectivity index (χ0v) is 25.2. The lowest BCUT2D eigenvalue weighted by atomic mass is 9.60. The second kappa shape index (κ2) is 11.2. The zero-order chi connectivity index (χ0) is 29.4. The highest BCUT2D eigenvalue weighted by Crippen LogP contribution is 2.57. The van der Waals surface area contributed by atoms with Crippen molar-refractivity contribution in [2.24, 2.45) is 17.9 Å². The predicted molar refractivity (Wildman–Crippen MR) is 155 cm³/mol. The summed E-state index contributed by atoms with van der Waals surface area (Å²) in [6.45, 7) is 11.7. The number of carbonyl (C=O) groups is 1. The van der Waals surface area contributed by atoms with E-state index < -0.39 is 30.2 Å². The van der Waals surface area contributed by atoms with Gasteiger partial charge in [0.05, 0.1) is 11.1 Å². The lowest BCUT2D eigenvalue weighted by molar-refractivity contribution is -0.132. The van der Waals surface area contributed by atoms with Gasteiger partial charge in [0.2, 0.25) is 5.43 Å². The number of aromatic nitrogens is 1. The van der Waals surface area contributed by atoms with Gasteiger partial charge < -0.3 is 19.7 Å². The Kier molecular flexibility index (Phi) is 8.90. The minimum Gasteiger partial charge on any atom is -0.350 e. The third-order valence-electron chi connectivity index (χ3n) is 7.33. The molecule has 3 N–H and O–H groups in total. The molecule has 3 aromatic rings. The summed E-state index contributed by atoms with van der Waals surface area (Å²) in [5.74, 6) is -0.479. The number of benzene rings is 2. The Bertz CT molecular complexity index is 1450. The van der Waals surface area contributed by atoms with Crippen LogP contribution in [0.1, 0.15) is 69.4 Å². The molecule has 0 spiro atoms. The van der Waals surface area contributed by atoms with Crippen molar-refractivity contribution in [1.29, 1.82) is 0 Å². The number of halogens is 1. The van der Waals surface area contributed by atoms with Gasteiger partial charge in [0, 0.05) is 30.2 Å². The van der Waals surface area contributed by atoms with Gasteiger partial charge in [-0.1, -0.05) is 71.3 Å². The van der Waals surface area contributed by atoms with E-state index in [-0.39, 0.29) is 17.5 Å². The van der Waals surface area contributed by atoms with Crippen molar-refractivity contribution in [3.63, 3.8) is 0 Å². The molecule has 0 saturated heterocycles. The number of rotatable bonds is 8. The first-order valence-electron chi connectivity index (χ1n) is 12.8. The van der Waals surface area contributed by atoms with E-state index in [0.29, 0.717) is 28.8 Å². The van der Waals surface area contributed by atoms with Crippen LogP contribution in [0.2, 0.25) is 5.02 Å². The van der Waals surface area contributed by atoms with E-state index in [1.165, 1.54) is 6.20 Å². The summed E-state index contributed by atoms with van der Waals surface area (Å²) >= 11 is 5.92. The third-order valence-corrected chi connectivity index (χ3v) is 8.13. The van der Waals surface area contributed by atoms with Crippen molar-refractivity contribution in [1.82, 2.24) is 9.88 Å². The Balaban J connectivity index is 1.95. The third kappa shape index (κ3) is 7.00. The maximum atomic E-state index is 13.4. The number of carbonyl (C=O) groups excluding carboxylic acids is 1. The maximum absolute atomic E-state index is 13.4. The number of phosphoric acid groups is 1. The SMILES string of the molecule is Cn1cc(C(=O)NCc2ccc(Cl)cc2)c(=O)c2cc(CCC(OP(=O)(O)O)(C(C)(C)C)C(C)(C)C)ccc21. The Labute approximate surface area is 234 Å². The number of nitrogens with one attached hydrogen (secondary N) is 1. The van der Waals surface area contributed by atoms with Gasteiger partial charge in [-0.3, -0.25) is 14.1 Å². The van der Waals surface area contributed by atoms with E-state index in [1.54, 1.807) is 41.9 Å². The van der Waals surface area contributed by atoms with E-state index in [2.05, 4.69) is 5.32 Å². The van der Waals surface area contributed by atoms with Crippen LogP contribution in [0.5, 0.6) is 0 Å². The molecule has 0 atom stereocenters. The molecule has 0 bridgehead atoms. The molecule has 8 nitrogen and oxygen atoms in total. The van der Waals surface area contributed by atoms with Gasteiger partial charge in [-0.2, -0.15) is 0 Å². The molecule has 10 heteroatoms. The molecule has 39 heavy (non-hydrogen) atoms. The summed E-state index contributed by atoms with van der Waals surface area (Å²) in [7, 11) is -3.04. The first-order chi connectivity index (χ1) is 17.8. The minimum absolute atomic E-state index is 0.0275. The van der Waals surface area contributed by atoms with Crippen molar-refractivity contribution in [2.75, 3.05) is 0 Å². The Morgan fingerprint density at radius 3 is 2.10 bits per heavy atom. The summed E-state index contributed by atoms with van der Waals surface area (Å²) < 4.78 is 19.4. The molecule has 0 radical (unpaired) electrons. The molecule has 0 aliphatic heterocycles. The predicted octanol–water partition coefficient (Wildman–Crippen LogP) is 5.99. The molecule has 0 aliphatic rings. The molecule has 1 amide bonds. The molecule has 0 fully saturated rings. The van der Waals surface area contributed by atoms with Crippen molar-refractivity contribution in [3.8, 4) is 0 Å². The van der Waals surface area contributed by atoms with Crippen LogP contribution in [0.4, 0.5) is 0 Å². The molecule has 0 aliphatic carbocycles. The first-order valence-corrected chi connectivity index (χ1v) is 14.7. The van der Waals surface area contributed by atoms with Crippen molar-refractivity contribution in [3.05, 3.63) is 80.6 Å². The Morgan fingerprint density at radius 1 is 1.00 bits per heavy atom. The number of hydrogen-bond acceptors (Lipinski definition) is 4. The molecule has 3 rings (SSSR count). The zero-order valence-electron chi connectivity index (χ0n) is 23.5. The molecule has 2 aromatic carbocycles. The summed E-state index contributed by atoms with van der Waals surface area (Å²) in [6.07, 6.45) is 2.23. The van der Waals surface area contributed by atoms with Crippen LogP contribution in [0.15, 0.2) is 53.5 Å². The fourth-order valence-electron chi connectivity index (χ4n) is 5.45. The number of phosphoric ester groups is 1. The van der Waals surface area contributed by atoms with Crippen LogP contribution >= 0.6 is 19.4 Å². The van der Waals surface area contributed by atoms with Crippen molar-refractivity contribution >= 4 is 36.2 Å². The van der Waals surface area contributed by atoms with Gasteiger partial charge in [-0.05, 0) is 59.1 Å². The fraction of sp³-hybridized carbons (Fsp3) is 0.448. The van der Waals surface area contributed by atoms with Crippen molar-refractivity contribution < 1.29 is 23.7 Å². The maximum Gasteiger partial charge on any atom is 0.470 e. The fourth-order valence-corrected chi connectivity index (χ4v) is 6.63. The van der Waals surface area contributed by atoms with Crippen LogP contribution in [0.25, 0.3) is 10.9 Å². The highest BCUT2D eigenvalue weighted by atomic mass is 35.5. The molecule has 0 saturated carbocycles. The number of nitrogens with zero attached hydrogens (tertiary/aromatic N) is 1. The number of hydrogen-bond donors (Lipinski definition) is 3. The van der Waals surface area contributed by atoms with E-state index in [9.17, 15) is 23.9 Å². The van der Waals surface area contributed by atoms with Crippen LogP contribution < -0.4 is 10.7 Å². The van der Waals surface area contributed by atoms with Gasteiger partial charge in [-0.15, -0.1) is 0 Å². The topological polar surface area (TPSA) is 118 Å². The van der Waals surface area contributed by atoms with Gasteiger partial charge in [0.15, 0.2) is 0 Å². The Hall–Kier alpha value is -2.48. The second-order valence-corrected chi connectivity index (χ2v) is 13.7. The summed E-state index contributed by atoms with van der Waals surface area (Å²) in [4.78, 5) is 46.0. The summed E-state index contributed by atoms with van der Waals surface area (Å²) in [5, 5.41) is 3.78. The summed E-state index contributed by atoms with van der Waals surface area (Å²) in [5.41, 5.74) is -0.451. The van der Waals surface area contributed by atoms with Crippen LogP contribution in [0, 0.1) is 10.8 Å². The number of pyridine rings is 1. The average Bonchev–Trinajstić information content (AvgIpc) is 2.81. The molecule has 0 unspecified atom stereocenters. The molecular weight excluding hydrogens is 539 g/mol. The monoisotopic (exact) mass is 576 g/mol. The highest BCUT2D eigenvalue weighted by molar-refractivity contribution is 7.46. The average molecular weight is 577 g/mol. The first kappa shape index (κ1) is 31.1. The van der Waals surface area contributed by atoms with Crippen LogP contribution in [0.3, 0.4) is 0 Å². The summed E-state index contributed by atoms with van der Waals surface area (Å²) in [6, 6.07) is 12.5. The van der Waals surface area contributed by atoms with E-state index in [0.717, 1.165) is 11.1 Å². The Morgan fingerprint density at radius 2 is 1.56 bits per heavy atom. The van der Waals surface area contributed by atoms with Crippen molar-refractivity contribution in [2.45, 2.75) is 66.5 Å². The van der Waals surface area contributed by atoms with E-state index >= 15 is 0 Å². The molecule has 1 heterocycles. The largest absolute Gasteiger partial charge is 0.470 e. The van der Waals surface area contributed by atoms with Gasteiger partial charge in [0.1, 0.15) is 5.56 Å². The lowest BCUT2D eigenvalue weighted by Gasteiger charge is -2.53. The second-order valence-electron chi connectivity index (χ2n) is 12.1. The van der Waals surface area contributed by atoms with E-state index in [4.69, 9.17) is 16.1 Å².